The summed E-state index contributed by atoms with van der Waals surface area (Å²) in [6.07, 6.45) is 0.132. The molecule has 1 atom stereocenters. The Hall–Kier alpha value is -2.92. The van der Waals surface area contributed by atoms with Gasteiger partial charge in [0.25, 0.3) is 0 Å². The topological polar surface area (TPSA) is 92.8 Å². The van der Waals surface area contributed by atoms with Crippen LogP contribution in [0.2, 0.25) is 0 Å². The summed E-state index contributed by atoms with van der Waals surface area (Å²) >= 11 is 0. The fraction of sp³-hybridized carbons (Fsp3) is 0.364. The number of nitrogens with one attached hydrogen (secondary N) is 1. The van der Waals surface area contributed by atoms with E-state index in [1.807, 2.05) is 0 Å². The number of carbonyl (C=O) groups excluding carboxylic acids is 2. The molecular weight excluding hydrogens is 461 g/mol. The van der Waals surface area contributed by atoms with Crippen molar-refractivity contribution in [2.45, 2.75) is 30.2 Å². The molecule has 1 unspecified atom stereocenters. The third-order valence-electron chi connectivity index (χ3n) is 5.52. The Balaban J connectivity index is 1.67. The molecule has 1 fully saturated rings. The number of carbonyl (C=O) groups is 2. The van der Waals surface area contributed by atoms with Crippen molar-refractivity contribution in [3.63, 3.8) is 0 Å². The summed E-state index contributed by atoms with van der Waals surface area (Å²) in [7, 11) is -3.05. The molecule has 0 radical (unpaired) electrons. The lowest BCUT2D eigenvalue weighted by Gasteiger charge is -2.31. The number of hydrogen-bond donors (Lipinski definition) is 1. The lowest BCUT2D eigenvalue weighted by Crippen LogP contribution is -2.44. The Bertz CT molecular complexity index is 1120. The van der Waals surface area contributed by atoms with Gasteiger partial charge in [0.1, 0.15) is 22.3 Å². The molecule has 0 saturated carbocycles. The molecule has 1 aliphatic heterocycles. The molecule has 2 aromatic carbocycles. The van der Waals surface area contributed by atoms with Crippen LogP contribution < -0.4 is 5.32 Å². The quantitative estimate of drug-likeness (QED) is 0.610. The number of ether oxygens (including phenoxy) is 1. The second-order valence-corrected chi connectivity index (χ2v) is 9.55. The highest BCUT2D eigenvalue weighted by atomic mass is 32.2. The molecular formula is C22H23F3N2O5S. The first-order chi connectivity index (χ1) is 15.6. The van der Waals surface area contributed by atoms with Gasteiger partial charge in [0.2, 0.25) is 15.9 Å². The number of amides is 1. The zero-order valence-corrected chi connectivity index (χ0v) is 18.6. The van der Waals surface area contributed by atoms with Crippen LogP contribution in [0.25, 0.3) is 0 Å². The van der Waals surface area contributed by atoms with Gasteiger partial charge >= 0.3 is 5.97 Å². The summed E-state index contributed by atoms with van der Waals surface area (Å²) in [5, 5.41) is 2.75. The van der Waals surface area contributed by atoms with Crippen molar-refractivity contribution in [2.75, 3.05) is 20.2 Å². The number of rotatable bonds is 7. The second kappa shape index (κ2) is 10.3. The highest BCUT2D eigenvalue weighted by Gasteiger charge is 2.34. The van der Waals surface area contributed by atoms with Crippen molar-refractivity contribution < 1.29 is 35.9 Å². The average Bonchev–Trinajstić information content (AvgIpc) is 2.80. The molecule has 1 amide bonds. The summed E-state index contributed by atoms with van der Waals surface area (Å²) in [6, 6.07) is 6.77. The Morgan fingerprint density at radius 2 is 1.67 bits per heavy atom. The Labute approximate surface area is 189 Å². The van der Waals surface area contributed by atoms with Crippen molar-refractivity contribution in [3.8, 4) is 0 Å². The van der Waals surface area contributed by atoms with Crippen LogP contribution in [-0.2, 0) is 24.3 Å². The van der Waals surface area contributed by atoms with Gasteiger partial charge in [0, 0.05) is 19.0 Å². The van der Waals surface area contributed by atoms with E-state index >= 15 is 0 Å². The molecule has 11 heteroatoms. The van der Waals surface area contributed by atoms with Gasteiger partial charge in [-0.2, -0.15) is 4.31 Å². The molecule has 33 heavy (non-hydrogen) atoms. The summed E-state index contributed by atoms with van der Waals surface area (Å²) < 4.78 is 71.8. The SMILES string of the molecule is COC(=O)CC(NC(=O)C1CCN(S(=O)(=O)c2cc(F)ccc2F)CC1)c1ccc(F)cc1. The summed E-state index contributed by atoms with van der Waals surface area (Å²) in [4.78, 5) is 23.9. The van der Waals surface area contributed by atoms with Crippen LogP contribution in [0.4, 0.5) is 13.2 Å². The minimum absolute atomic E-state index is 0.0609. The fourth-order valence-electron chi connectivity index (χ4n) is 3.66. The molecule has 0 spiro atoms. The van der Waals surface area contributed by atoms with Crippen molar-refractivity contribution in [1.82, 2.24) is 9.62 Å². The monoisotopic (exact) mass is 484 g/mol. The van der Waals surface area contributed by atoms with E-state index in [1.54, 1.807) is 0 Å². The number of benzene rings is 2. The van der Waals surface area contributed by atoms with E-state index < -0.39 is 56.2 Å². The normalized spacial score (nSPS) is 16.2. The number of halogens is 3. The van der Waals surface area contributed by atoms with Crippen molar-refractivity contribution >= 4 is 21.9 Å². The maximum Gasteiger partial charge on any atom is 0.307 e. The minimum atomic E-state index is -4.26. The number of piperidine rings is 1. The lowest BCUT2D eigenvalue weighted by molar-refractivity contribution is -0.141. The zero-order chi connectivity index (χ0) is 24.2. The van der Waals surface area contributed by atoms with Crippen LogP contribution in [0, 0.1) is 23.4 Å². The summed E-state index contributed by atoms with van der Waals surface area (Å²) in [6.45, 7) is -0.122. The van der Waals surface area contributed by atoms with Gasteiger partial charge in [0.15, 0.2) is 0 Å². The van der Waals surface area contributed by atoms with E-state index in [4.69, 9.17) is 0 Å². The van der Waals surface area contributed by atoms with Gasteiger partial charge in [-0.1, -0.05) is 12.1 Å². The van der Waals surface area contributed by atoms with Crippen LogP contribution in [0.5, 0.6) is 0 Å². The molecule has 1 N–H and O–H groups in total. The molecule has 1 saturated heterocycles. The highest BCUT2D eigenvalue weighted by molar-refractivity contribution is 7.89. The third-order valence-corrected chi connectivity index (χ3v) is 7.44. The van der Waals surface area contributed by atoms with E-state index in [9.17, 15) is 31.2 Å². The molecule has 1 aliphatic rings. The van der Waals surface area contributed by atoms with Crippen molar-refractivity contribution in [1.29, 1.82) is 0 Å². The zero-order valence-electron chi connectivity index (χ0n) is 17.8. The van der Waals surface area contributed by atoms with Crippen molar-refractivity contribution in [3.05, 3.63) is 65.5 Å². The highest BCUT2D eigenvalue weighted by Crippen LogP contribution is 2.27. The first-order valence-electron chi connectivity index (χ1n) is 10.2. The number of sulfonamides is 1. The molecule has 0 aromatic heterocycles. The summed E-state index contributed by atoms with van der Waals surface area (Å²) in [5.74, 6) is -3.92. The van der Waals surface area contributed by atoms with E-state index in [1.165, 1.54) is 31.4 Å². The molecule has 7 nitrogen and oxygen atoms in total. The summed E-state index contributed by atoms with van der Waals surface area (Å²) in [5.41, 5.74) is 0.511. The van der Waals surface area contributed by atoms with Crippen LogP contribution in [-0.4, -0.2) is 44.8 Å². The van der Waals surface area contributed by atoms with E-state index in [2.05, 4.69) is 10.1 Å². The minimum Gasteiger partial charge on any atom is -0.469 e. The average molecular weight is 484 g/mol. The predicted octanol–water partition coefficient (Wildman–Crippen LogP) is 2.93. The Morgan fingerprint density at radius 3 is 2.27 bits per heavy atom. The maximum atomic E-state index is 14.0. The number of nitrogens with zero attached hydrogens (tertiary/aromatic N) is 1. The molecule has 0 aliphatic carbocycles. The van der Waals surface area contributed by atoms with Crippen LogP contribution in [0.3, 0.4) is 0 Å². The first kappa shape index (κ1) is 24.7. The maximum absolute atomic E-state index is 14.0. The van der Waals surface area contributed by atoms with Crippen molar-refractivity contribution in [2.24, 2.45) is 5.92 Å². The molecule has 0 bridgehead atoms. The van der Waals surface area contributed by atoms with Gasteiger partial charge in [-0.3, -0.25) is 9.59 Å². The fourth-order valence-corrected chi connectivity index (χ4v) is 5.20. The molecule has 3 rings (SSSR count). The van der Waals surface area contributed by atoms with Gasteiger partial charge in [-0.05, 0) is 48.7 Å². The number of hydrogen-bond acceptors (Lipinski definition) is 5. The lowest BCUT2D eigenvalue weighted by atomic mass is 9.95. The predicted molar refractivity (Wildman–Crippen MR) is 112 cm³/mol. The van der Waals surface area contributed by atoms with E-state index in [0.717, 1.165) is 16.4 Å². The van der Waals surface area contributed by atoms with Gasteiger partial charge in [0.05, 0.1) is 19.6 Å². The molecule has 1 heterocycles. The van der Waals surface area contributed by atoms with Crippen LogP contribution in [0.1, 0.15) is 30.9 Å². The smallest absolute Gasteiger partial charge is 0.307 e. The van der Waals surface area contributed by atoms with E-state index in [-0.39, 0.29) is 32.4 Å². The Morgan fingerprint density at radius 1 is 1.06 bits per heavy atom. The first-order valence-corrected chi connectivity index (χ1v) is 11.6. The number of methoxy groups -OCH3 is 1. The van der Waals surface area contributed by atoms with E-state index in [0.29, 0.717) is 11.6 Å². The standard InChI is InChI=1S/C22H23F3N2O5S/c1-32-21(28)13-19(14-2-4-16(23)5-3-14)26-22(29)15-8-10-27(11-9-15)33(30,31)20-12-17(24)6-7-18(20)25/h2-7,12,15,19H,8-11,13H2,1H3,(H,26,29). The van der Waals surface area contributed by atoms with Gasteiger partial charge in [-0.25, -0.2) is 21.6 Å². The number of esters is 1. The van der Waals surface area contributed by atoms with Gasteiger partial charge < -0.3 is 10.1 Å². The third kappa shape index (κ3) is 5.91. The Kier molecular flexibility index (Phi) is 7.75. The largest absolute Gasteiger partial charge is 0.469 e. The van der Waals surface area contributed by atoms with Crippen LogP contribution >= 0.6 is 0 Å². The van der Waals surface area contributed by atoms with Gasteiger partial charge in [-0.15, -0.1) is 0 Å². The molecule has 2 aromatic rings. The van der Waals surface area contributed by atoms with Crippen LogP contribution in [0.15, 0.2) is 47.4 Å². The molecule has 178 valence electrons. The second-order valence-electron chi connectivity index (χ2n) is 7.65.